The molecule has 0 bridgehead atoms. The van der Waals surface area contributed by atoms with Gasteiger partial charge >= 0.3 is 7.60 Å². The first-order valence-corrected chi connectivity index (χ1v) is 8.58. The van der Waals surface area contributed by atoms with Gasteiger partial charge in [-0.25, -0.2) is 18.6 Å². The molecule has 7 nitrogen and oxygen atoms in total. The van der Waals surface area contributed by atoms with E-state index in [9.17, 15) is 4.57 Å². The molecule has 0 aliphatic carbocycles. The fourth-order valence-electron chi connectivity index (χ4n) is 0.496. The van der Waals surface area contributed by atoms with Gasteiger partial charge in [-0.1, -0.05) is 0 Å². The molecule has 0 atom stereocenters. The van der Waals surface area contributed by atoms with E-state index in [0.717, 1.165) is 0 Å². The number of hydrogen-bond donors (Lipinski definition) is 0. The Morgan fingerprint density at radius 1 is 1.13 bits per heavy atom. The fraction of sp³-hybridized carbons (Fsp3) is 1.00. The summed E-state index contributed by atoms with van der Waals surface area (Å²) < 4.78 is 54.8. The van der Waals surface area contributed by atoms with Gasteiger partial charge in [-0.05, 0) is 10.9 Å². The molecule has 0 aromatic carbocycles. The third kappa shape index (κ3) is 17.3. The maximum Gasteiger partial charge on any atom is 0.378 e. The molecule has 0 aromatic heterocycles. The van der Waals surface area contributed by atoms with Gasteiger partial charge in [0.05, 0.1) is 12.5 Å². The predicted octanol–water partition coefficient (Wildman–Crippen LogP) is -3.45. The minimum Gasteiger partial charge on any atom is -0.309 e. The normalized spacial score (nSPS) is 12.3. The molecule has 0 aliphatic rings. The first kappa shape index (κ1) is 18.0. The minimum absolute atomic E-state index is 0.102. The highest BCUT2D eigenvalue weighted by Crippen LogP contribution is 2.47. The van der Waals surface area contributed by atoms with Gasteiger partial charge in [0.2, 0.25) is 5.49 Å². The van der Waals surface area contributed by atoms with Crippen LogP contribution < -0.4 is 18.6 Å². The maximum atomic E-state index is 11.3. The average Bonchev–Trinajstić information content (AvgIpc) is 2.00. The molecule has 0 saturated carbocycles. The van der Waals surface area contributed by atoms with E-state index in [4.69, 9.17) is 27.7 Å². The molecule has 0 heterocycles. The van der Waals surface area contributed by atoms with Crippen molar-refractivity contribution in [3.63, 3.8) is 0 Å². The Bertz CT molecular complexity index is 192. The molecule has 0 amide bonds. The Balaban J connectivity index is 0. The quantitative estimate of drug-likeness (QED) is 0.388. The summed E-state index contributed by atoms with van der Waals surface area (Å²) in [6, 6.07) is 0. The van der Waals surface area contributed by atoms with Crippen molar-refractivity contribution in [2.24, 2.45) is 0 Å². The molecule has 0 radical (unpaired) electrons. The highest BCUT2D eigenvalue weighted by Gasteiger charge is 2.27. The summed E-state index contributed by atoms with van der Waals surface area (Å²) in [5.41, 5.74) is 0.514. The Hall–Kier alpha value is 0.630. The van der Waals surface area contributed by atoms with Crippen molar-refractivity contribution in [1.29, 1.82) is 0 Å². The lowest BCUT2D eigenvalue weighted by molar-refractivity contribution is -2.00. The van der Waals surface area contributed by atoms with E-state index in [1.807, 2.05) is 12.5 Å². The summed E-state index contributed by atoms with van der Waals surface area (Å²) >= 11 is 0. The molecular weight excluding hydrogens is 271 g/mol. The molecule has 0 aliphatic heterocycles. The molecule has 0 rings (SSSR count). The van der Waals surface area contributed by atoms with Crippen molar-refractivity contribution in [2.45, 2.75) is 0 Å². The smallest absolute Gasteiger partial charge is 0.309 e. The van der Waals surface area contributed by atoms with Crippen LogP contribution in [0.3, 0.4) is 0 Å². The summed E-state index contributed by atoms with van der Waals surface area (Å²) in [6.45, 7) is 0. The Labute approximate surface area is 93.6 Å². The third-order valence-electron chi connectivity index (χ3n) is 0.973. The van der Waals surface area contributed by atoms with Crippen LogP contribution in [0.2, 0.25) is 0 Å². The van der Waals surface area contributed by atoms with Crippen molar-refractivity contribution in [3.8, 4) is 0 Å². The van der Waals surface area contributed by atoms with E-state index in [1.54, 1.807) is 0 Å². The highest BCUT2D eigenvalue weighted by molar-refractivity contribution is 8.01. The van der Waals surface area contributed by atoms with Gasteiger partial charge in [0.1, 0.15) is 0 Å². The van der Waals surface area contributed by atoms with Crippen molar-refractivity contribution in [1.82, 2.24) is 0 Å². The van der Waals surface area contributed by atoms with E-state index >= 15 is 0 Å². The zero-order valence-corrected chi connectivity index (χ0v) is 11.3. The van der Waals surface area contributed by atoms with Crippen LogP contribution in [0.25, 0.3) is 0 Å². The maximum absolute atomic E-state index is 11.3. The van der Waals surface area contributed by atoms with Crippen molar-refractivity contribution in [3.05, 3.63) is 0 Å². The van der Waals surface area contributed by atoms with Crippen molar-refractivity contribution >= 4 is 18.5 Å². The summed E-state index contributed by atoms with van der Waals surface area (Å²) in [4.78, 5) is 0. The minimum atomic E-state index is -4.94. The van der Waals surface area contributed by atoms with E-state index in [0.29, 0.717) is 5.49 Å². The predicted molar refractivity (Wildman–Crippen MR) is 45.7 cm³/mol. The van der Waals surface area contributed by atoms with Crippen LogP contribution in [0.1, 0.15) is 0 Å². The van der Waals surface area contributed by atoms with Crippen LogP contribution in [-0.2, 0) is 24.5 Å². The van der Waals surface area contributed by atoms with E-state index < -0.39 is 17.8 Å². The van der Waals surface area contributed by atoms with Gasteiger partial charge < -0.3 is 9.05 Å². The lowest BCUT2D eigenvalue weighted by atomic mass is 11.8. The Kier molecular flexibility index (Phi) is 9.40. The van der Waals surface area contributed by atoms with Crippen LogP contribution in [0.15, 0.2) is 0 Å². The van der Waals surface area contributed by atoms with Crippen LogP contribution in [-0.4, -0.2) is 32.2 Å². The monoisotopic (exact) mass is 284 g/mol. The topological polar surface area (TPSA) is 128 Å². The second-order valence-corrected chi connectivity index (χ2v) is 8.18. The Morgan fingerprint density at radius 2 is 1.40 bits per heavy atom. The van der Waals surface area contributed by atoms with Gasteiger partial charge in [0, 0.05) is 14.2 Å². The molecule has 15 heavy (non-hydrogen) atoms. The van der Waals surface area contributed by atoms with Crippen molar-refractivity contribution in [2.75, 3.05) is 32.2 Å². The highest BCUT2D eigenvalue weighted by atomic mass is 35.7. The van der Waals surface area contributed by atoms with E-state index in [2.05, 4.69) is 0 Å². The van der Waals surface area contributed by atoms with Crippen molar-refractivity contribution < 1.29 is 42.5 Å². The summed E-state index contributed by atoms with van der Waals surface area (Å²) in [5.74, 6) is 0. The molecule has 10 heteroatoms. The molecule has 0 spiro atoms. The molecule has 0 aromatic rings. The van der Waals surface area contributed by atoms with Gasteiger partial charge in [-0.2, -0.15) is 0 Å². The molecule has 0 saturated heterocycles. The van der Waals surface area contributed by atoms with Gasteiger partial charge in [-0.15, -0.1) is 10.2 Å². The zero-order valence-electron chi connectivity index (χ0n) is 8.80. The van der Waals surface area contributed by atoms with Gasteiger partial charge in [-0.3, -0.25) is 4.57 Å². The summed E-state index contributed by atoms with van der Waals surface area (Å²) in [6.07, 6.45) is 4.01. The number of rotatable bonds is 4. The molecule has 0 fully saturated rings. The standard InChI is InChI=1S/C5H14O3PS.ClHO4/c1-7-9(6,8-2)5-10(3)4;2-1(3,4)5/h5H2,1-4H3;(H,2,3,4,5)/q+1;/p-1. The van der Waals surface area contributed by atoms with Gasteiger partial charge in [0.15, 0.2) is 0 Å². The molecular formula is C5H14ClO7PS. The average molecular weight is 285 g/mol. The molecule has 0 N–H and O–H groups in total. The lowest BCUT2D eigenvalue weighted by Crippen LogP contribution is -2.68. The SMILES string of the molecule is COP(=O)(C[S+](C)C)OC.[O-][Cl+3]([O-])([O-])[O-]. The van der Waals surface area contributed by atoms with Crippen LogP contribution in [0.5, 0.6) is 0 Å². The second kappa shape index (κ2) is 7.83. The van der Waals surface area contributed by atoms with E-state index in [-0.39, 0.29) is 10.9 Å². The second-order valence-electron chi connectivity index (χ2n) is 2.47. The largest absolute Gasteiger partial charge is 0.378 e. The van der Waals surface area contributed by atoms with Crippen LogP contribution in [0.4, 0.5) is 0 Å². The first-order valence-electron chi connectivity index (χ1n) is 3.40. The summed E-state index contributed by atoms with van der Waals surface area (Å²) in [7, 11) is -4.74. The fourth-order valence-corrected chi connectivity index (χ4v) is 4.02. The van der Waals surface area contributed by atoms with Gasteiger partial charge in [0.25, 0.3) is 0 Å². The lowest BCUT2D eigenvalue weighted by Gasteiger charge is -2.17. The number of hydrogen-bond acceptors (Lipinski definition) is 7. The Morgan fingerprint density at radius 3 is 1.47 bits per heavy atom. The molecule has 94 valence electrons. The van der Waals surface area contributed by atoms with Crippen LogP contribution in [0, 0.1) is 10.2 Å². The van der Waals surface area contributed by atoms with Crippen LogP contribution >= 0.6 is 7.60 Å². The molecule has 0 unspecified atom stereocenters. The van der Waals surface area contributed by atoms with E-state index in [1.165, 1.54) is 14.2 Å². The summed E-state index contributed by atoms with van der Waals surface area (Å²) in [5, 5.41) is 0. The zero-order chi connectivity index (χ0) is 12.7. The first-order chi connectivity index (χ1) is 6.54. The number of halogens is 1. The third-order valence-corrected chi connectivity index (χ3v) is 5.42.